The van der Waals surface area contributed by atoms with Gasteiger partial charge in [-0.3, -0.25) is 19.6 Å². The van der Waals surface area contributed by atoms with Crippen molar-refractivity contribution in [3.05, 3.63) is 81.1 Å². The number of amides is 2. The minimum Gasteiger partial charge on any atom is -0.391 e. The second-order valence-corrected chi connectivity index (χ2v) is 16.0. The maximum atomic E-state index is 13.5. The van der Waals surface area contributed by atoms with Crippen molar-refractivity contribution < 1.29 is 28.6 Å². The number of aromatic nitrogens is 8. The summed E-state index contributed by atoms with van der Waals surface area (Å²) in [7, 11) is 0. The standard InChI is InChI=1S/2C18H19FN6O2S/c2*1-9(11-5-12(19)7-20-6-11)21-18-23-14(15-16(24-18)22-10(2)28-15)17(27)25-4-3-13(26)8-25/h2*5-7,9,13,26H,3-4,8H2,1-2H3,(H,21,23,24)/t9-,13+;9-,13-/m00/s1. The summed E-state index contributed by atoms with van der Waals surface area (Å²) in [5.74, 6) is -0.899. The molecule has 8 rings (SSSR count). The first-order valence-corrected chi connectivity index (χ1v) is 19.4. The highest BCUT2D eigenvalue weighted by Crippen LogP contribution is 2.29. The summed E-state index contributed by atoms with van der Waals surface area (Å²) < 4.78 is 28.1. The van der Waals surface area contributed by atoms with Crippen molar-refractivity contribution in [1.29, 1.82) is 0 Å². The van der Waals surface area contributed by atoms with Crippen molar-refractivity contribution in [2.75, 3.05) is 36.8 Å². The van der Waals surface area contributed by atoms with Crippen molar-refractivity contribution in [3.8, 4) is 0 Å². The quantitative estimate of drug-likeness (QED) is 0.166. The van der Waals surface area contributed by atoms with Crippen molar-refractivity contribution in [2.45, 2.75) is 64.8 Å². The van der Waals surface area contributed by atoms with Crippen LogP contribution < -0.4 is 10.6 Å². The second kappa shape index (κ2) is 16.3. The summed E-state index contributed by atoms with van der Waals surface area (Å²) in [5, 5.41) is 27.2. The van der Waals surface area contributed by atoms with Gasteiger partial charge in [0.2, 0.25) is 11.9 Å². The first-order valence-electron chi connectivity index (χ1n) is 17.8. The van der Waals surface area contributed by atoms with Gasteiger partial charge in [0.05, 0.1) is 46.7 Å². The molecule has 2 aliphatic heterocycles. The minimum absolute atomic E-state index is 0.234. The summed E-state index contributed by atoms with van der Waals surface area (Å²) in [4.78, 5) is 63.3. The van der Waals surface area contributed by atoms with E-state index in [0.29, 0.717) is 57.8 Å². The van der Waals surface area contributed by atoms with E-state index in [4.69, 9.17) is 0 Å². The van der Waals surface area contributed by atoms with Gasteiger partial charge in [-0.2, -0.15) is 9.97 Å². The van der Waals surface area contributed by atoms with E-state index in [-0.39, 0.29) is 60.3 Å². The number of likely N-dealkylation sites (tertiary alicyclic amines) is 2. The Labute approximate surface area is 327 Å². The molecule has 4 atom stereocenters. The van der Waals surface area contributed by atoms with Gasteiger partial charge in [0, 0.05) is 38.6 Å². The van der Waals surface area contributed by atoms with Gasteiger partial charge >= 0.3 is 0 Å². The Kier molecular flexibility index (Phi) is 11.3. The van der Waals surface area contributed by atoms with E-state index in [2.05, 4.69) is 50.5 Å². The Balaban J connectivity index is 0.000000172. The number of thiazole rings is 2. The van der Waals surface area contributed by atoms with Crippen molar-refractivity contribution >= 4 is 67.1 Å². The molecule has 4 N–H and O–H groups in total. The number of anilines is 2. The average Bonchev–Trinajstić information content (AvgIpc) is 3.97. The fourth-order valence-corrected chi connectivity index (χ4v) is 7.99. The third kappa shape index (κ3) is 8.67. The first kappa shape index (κ1) is 38.8. The lowest BCUT2D eigenvalue weighted by atomic mass is 10.1. The molecule has 8 heterocycles. The molecule has 16 nitrogen and oxygen atoms in total. The molecule has 0 unspecified atom stereocenters. The lowest BCUT2D eigenvalue weighted by Crippen LogP contribution is -2.30. The number of fused-ring (bicyclic) bond motifs is 2. The van der Waals surface area contributed by atoms with E-state index in [9.17, 15) is 28.6 Å². The predicted octanol–water partition coefficient (Wildman–Crippen LogP) is 4.62. The number of hydrogen-bond acceptors (Lipinski definition) is 16. The number of hydrogen-bond donors (Lipinski definition) is 4. The fourth-order valence-electron chi connectivity index (χ4n) is 6.31. The number of nitrogens with zero attached hydrogens (tertiary/aromatic N) is 10. The van der Waals surface area contributed by atoms with Gasteiger partial charge < -0.3 is 30.6 Å². The third-order valence-electron chi connectivity index (χ3n) is 9.17. The SMILES string of the molecule is Cc1nc2nc(N[C@@H](C)c3cncc(F)c3)nc(C(=O)N3CC[C@@H](O)C3)c2s1.Cc1nc2nc(N[C@@H](C)c3cncc(F)c3)nc(C(=O)N3CC[C@H](O)C3)c2s1. The molecule has 0 radical (unpaired) electrons. The molecule has 0 spiro atoms. The molecule has 2 fully saturated rings. The van der Waals surface area contributed by atoms with Crippen molar-refractivity contribution in [3.63, 3.8) is 0 Å². The molecule has 292 valence electrons. The number of aliphatic hydroxyl groups excluding tert-OH is 2. The monoisotopic (exact) mass is 804 g/mol. The highest BCUT2D eigenvalue weighted by molar-refractivity contribution is 7.19. The number of pyridine rings is 2. The van der Waals surface area contributed by atoms with Crippen LogP contribution in [-0.2, 0) is 0 Å². The molecule has 6 aromatic rings. The molecule has 0 aliphatic carbocycles. The Bertz CT molecular complexity index is 2250. The van der Waals surface area contributed by atoms with Crippen molar-refractivity contribution in [1.82, 2.24) is 49.7 Å². The molecule has 0 bridgehead atoms. The topological polar surface area (TPSA) is 208 Å². The zero-order valence-corrected chi connectivity index (χ0v) is 32.4. The Hall–Kier alpha value is -5.44. The van der Waals surface area contributed by atoms with Crippen LogP contribution in [0.2, 0.25) is 0 Å². The van der Waals surface area contributed by atoms with E-state index < -0.39 is 23.8 Å². The van der Waals surface area contributed by atoms with E-state index in [1.165, 1.54) is 34.8 Å². The first-order chi connectivity index (χ1) is 26.8. The minimum atomic E-state index is -0.512. The molecule has 2 amide bonds. The van der Waals surface area contributed by atoms with Crippen LogP contribution in [0.3, 0.4) is 0 Å². The van der Waals surface area contributed by atoms with Crippen LogP contribution in [0.1, 0.15) is 80.9 Å². The number of halogens is 2. The number of carbonyl (C=O) groups is 2. The molecular weight excluding hydrogens is 767 g/mol. The second-order valence-electron chi connectivity index (χ2n) is 13.6. The van der Waals surface area contributed by atoms with Gasteiger partial charge in [0.15, 0.2) is 22.7 Å². The molecule has 2 saturated heterocycles. The largest absolute Gasteiger partial charge is 0.391 e. The normalized spacial score (nSPS) is 17.9. The number of β-amino-alcohol motifs (C(OH)–C–C–N with tert-alkyl or cyclic N) is 2. The number of nitrogens with one attached hydrogen (secondary N) is 2. The summed E-state index contributed by atoms with van der Waals surface area (Å²) in [6, 6.07) is 2.12. The van der Waals surface area contributed by atoms with Gasteiger partial charge in [-0.05, 0) is 63.8 Å². The van der Waals surface area contributed by atoms with Crippen LogP contribution in [0.25, 0.3) is 20.7 Å². The van der Waals surface area contributed by atoms with Crippen molar-refractivity contribution in [2.24, 2.45) is 0 Å². The highest BCUT2D eigenvalue weighted by atomic mass is 32.1. The lowest BCUT2D eigenvalue weighted by molar-refractivity contribution is 0.0756. The van der Waals surface area contributed by atoms with Crippen LogP contribution >= 0.6 is 22.7 Å². The van der Waals surface area contributed by atoms with Gasteiger partial charge in [-0.1, -0.05) is 0 Å². The fraction of sp³-hybridized carbons (Fsp3) is 0.389. The Morgan fingerprint density at radius 3 is 1.46 bits per heavy atom. The van der Waals surface area contributed by atoms with Crippen LogP contribution in [-0.4, -0.2) is 110 Å². The summed E-state index contributed by atoms with van der Waals surface area (Å²) in [6.07, 6.45) is 5.47. The summed E-state index contributed by atoms with van der Waals surface area (Å²) in [6.45, 7) is 8.88. The maximum absolute atomic E-state index is 13.5. The molecule has 56 heavy (non-hydrogen) atoms. The zero-order chi connectivity index (χ0) is 39.7. The number of carbonyl (C=O) groups excluding carboxylic acids is 2. The third-order valence-corrected chi connectivity index (χ3v) is 11.1. The molecule has 0 aromatic carbocycles. The zero-order valence-electron chi connectivity index (χ0n) is 30.8. The molecule has 20 heteroatoms. The number of aryl methyl sites for hydroxylation is 2. The molecular formula is C36H38F2N12O4S2. The van der Waals surface area contributed by atoms with E-state index in [1.54, 1.807) is 22.2 Å². The van der Waals surface area contributed by atoms with Crippen LogP contribution in [0.15, 0.2) is 36.9 Å². The summed E-state index contributed by atoms with van der Waals surface area (Å²) in [5.41, 5.74) is 2.66. The predicted molar refractivity (Wildman–Crippen MR) is 205 cm³/mol. The summed E-state index contributed by atoms with van der Waals surface area (Å²) >= 11 is 2.72. The lowest BCUT2D eigenvalue weighted by Gasteiger charge is -2.17. The van der Waals surface area contributed by atoms with E-state index in [0.717, 1.165) is 22.4 Å². The average molecular weight is 805 g/mol. The Morgan fingerprint density at radius 2 is 1.11 bits per heavy atom. The van der Waals surface area contributed by atoms with E-state index >= 15 is 0 Å². The smallest absolute Gasteiger partial charge is 0.274 e. The van der Waals surface area contributed by atoms with Crippen LogP contribution in [0.4, 0.5) is 20.7 Å². The van der Waals surface area contributed by atoms with Gasteiger partial charge in [-0.15, -0.1) is 22.7 Å². The van der Waals surface area contributed by atoms with Crippen LogP contribution in [0, 0.1) is 25.5 Å². The molecule has 0 saturated carbocycles. The number of rotatable bonds is 8. The maximum Gasteiger partial charge on any atom is 0.274 e. The van der Waals surface area contributed by atoms with Gasteiger partial charge in [0.25, 0.3) is 11.8 Å². The Morgan fingerprint density at radius 1 is 0.696 bits per heavy atom. The van der Waals surface area contributed by atoms with Gasteiger partial charge in [0.1, 0.15) is 21.0 Å². The highest BCUT2D eigenvalue weighted by Gasteiger charge is 2.31. The molecule has 6 aromatic heterocycles. The van der Waals surface area contributed by atoms with Gasteiger partial charge in [-0.25, -0.2) is 28.7 Å². The van der Waals surface area contributed by atoms with E-state index in [1.807, 2.05) is 27.7 Å². The van der Waals surface area contributed by atoms with Crippen LogP contribution in [0.5, 0.6) is 0 Å². The number of aliphatic hydroxyl groups is 2. The molecule has 2 aliphatic rings.